The van der Waals surface area contributed by atoms with Crippen LogP contribution in [0.2, 0.25) is 0 Å². The van der Waals surface area contributed by atoms with E-state index < -0.39 is 17.8 Å². The van der Waals surface area contributed by atoms with Crippen LogP contribution in [0.5, 0.6) is 0 Å². The number of fused-ring (bicyclic) bond motifs is 1. The van der Waals surface area contributed by atoms with Crippen LogP contribution in [0.1, 0.15) is 19.7 Å². The number of hydrogen-bond acceptors (Lipinski definition) is 6. The summed E-state index contributed by atoms with van der Waals surface area (Å²) in [5.74, 6) is 0.615. The van der Waals surface area contributed by atoms with Crippen LogP contribution in [0.25, 0.3) is 10.4 Å². The normalized spacial score (nSPS) is 23.6. The van der Waals surface area contributed by atoms with Crippen LogP contribution in [0, 0.1) is 0 Å². The van der Waals surface area contributed by atoms with E-state index in [0.717, 1.165) is 0 Å². The molecule has 0 saturated carbocycles. The highest BCUT2D eigenvalue weighted by molar-refractivity contribution is 5.00. The Balaban J connectivity index is 2.18. The maximum atomic E-state index is 9.83. The molecule has 1 aliphatic rings. The number of aliphatic hydroxyl groups excluding tert-OH is 1. The average Bonchev–Trinajstić information content (AvgIpc) is 2.74. The summed E-state index contributed by atoms with van der Waals surface area (Å²) >= 11 is 0. The topological polar surface area (TPSA) is 122 Å². The van der Waals surface area contributed by atoms with Gasteiger partial charge in [0.05, 0.1) is 19.2 Å². The average molecular weight is 239 g/mol. The first kappa shape index (κ1) is 11.8. The largest absolute Gasteiger partial charge is 0.390 e. The van der Waals surface area contributed by atoms with Gasteiger partial charge in [-0.3, -0.25) is 0 Å². The van der Waals surface area contributed by atoms with Crippen molar-refractivity contribution in [1.82, 2.24) is 20.2 Å². The van der Waals surface area contributed by atoms with Crippen molar-refractivity contribution in [2.45, 2.75) is 38.2 Å². The minimum absolute atomic E-state index is 0.0330. The lowest BCUT2D eigenvalue weighted by molar-refractivity contribution is -0.150. The molecule has 1 aromatic rings. The SMILES string of the molecule is CC1(C)O[C@@H]([C@H](O)CN=[N+]=[N-])Cn2nnnc21. The molecule has 0 unspecified atom stereocenters. The lowest BCUT2D eigenvalue weighted by atomic mass is 10.0. The molecule has 9 heteroatoms. The van der Waals surface area contributed by atoms with E-state index in [4.69, 9.17) is 10.3 Å². The van der Waals surface area contributed by atoms with E-state index in [1.165, 1.54) is 0 Å². The lowest BCUT2D eigenvalue weighted by Gasteiger charge is -2.36. The molecule has 0 spiro atoms. The van der Waals surface area contributed by atoms with Crippen molar-refractivity contribution in [2.24, 2.45) is 5.11 Å². The van der Waals surface area contributed by atoms with E-state index in [0.29, 0.717) is 12.4 Å². The summed E-state index contributed by atoms with van der Waals surface area (Å²) in [6.07, 6.45) is -1.37. The highest BCUT2D eigenvalue weighted by Gasteiger charge is 2.39. The number of azide groups is 1. The Morgan fingerprint density at radius 3 is 3.24 bits per heavy atom. The van der Waals surface area contributed by atoms with Crippen molar-refractivity contribution in [2.75, 3.05) is 6.54 Å². The minimum atomic E-state index is -0.873. The van der Waals surface area contributed by atoms with E-state index in [-0.39, 0.29) is 6.54 Å². The Hall–Kier alpha value is -1.70. The van der Waals surface area contributed by atoms with Gasteiger partial charge in [-0.2, -0.15) is 0 Å². The van der Waals surface area contributed by atoms with Gasteiger partial charge < -0.3 is 9.84 Å². The number of tetrazole rings is 1. The van der Waals surface area contributed by atoms with Crippen molar-refractivity contribution in [3.05, 3.63) is 16.3 Å². The fraction of sp³-hybridized carbons (Fsp3) is 0.875. The third-order valence-corrected chi connectivity index (χ3v) is 2.63. The zero-order chi connectivity index (χ0) is 12.5. The number of hydrogen-bond donors (Lipinski definition) is 1. The van der Waals surface area contributed by atoms with Gasteiger partial charge in [0, 0.05) is 4.91 Å². The first-order chi connectivity index (χ1) is 8.04. The molecule has 0 amide bonds. The summed E-state index contributed by atoms with van der Waals surface area (Å²) in [6, 6.07) is 0. The molecule has 0 aromatic carbocycles. The van der Waals surface area contributed by atoms with Gasteiger partial charge >= 0.3 is 0 Å². The highest BCUT2D eigenvalue weighted by atomic mass is 16.5. The van der Waals surface area contributed by atoms with Crippen LogP contribution < -0.4 is 0 Å². The molecule has 0 radical (unpaired) electrons. The predicted molar refractivity (Wildman–Crippen MR) is 55.7 cm³/mol. The summed E-state index contributed by atoms with van der Waals surface area (Å²) in [5.41, 5.74) is 7.53. The molecule has 0 saturated heterocycles. The lowest BCUT2D eigenvalue weighted by Crippen LogP contribution is -2.46. The summed E-state index contributed by atoms with van der Waals surface area (Å²) in [5, 5.41) is 24.4. The van der Waals surface area contributed by atoms with Gasteiger partial charge in [-0.15, -0.1) is 5.10 Å². The van der Waals surface area contributed by atoms with Gasteiger partial charge in [0.2, 0.25) is 0 Å². The van der Waals surface area contributed by atoms with Crippen LogP contribution in [-0.2, 0) is 16.9 Å². The second kappa shape index (κ2) is 4.28. The zero-order valence-corrected chi connectivity index (χ0v) is 9.55. The molecule has 1 aromatic heterocycles. The van der Waals surface area contributed by atoms with Gasteiger partial charge in [-0.1, -0.05) is 5.11 Å². The first-order valence-corrected chi connectivity index (χ1v) is 5.18. The highest BCUT2D eigenvalue weighted by Crippen LogP contribution is 2.29. The quantitative estimate of drug-likeness (QED) is 0.451. The van der Waals surface area contributed by atoms with Crippen LogP contribution in [-0.4, -0.2) is 44.1 Å². The minimum Gasteiger partial charge on any atom is -0.390 e. The maximum Gasteiger partial charge on any atom is 0.182 e. The Kier molecular flexibility index (Phi) is 2.97. The monoisotopic (exact) mass is 239 g/mol. The van der Waals surface area contributed by atoms with Gasteiger partial charge in [-0.05, 0) is 29.8 Å². The number of rotatable bonds is 3. The molecule has 2 heterocycles. The first-order valence-electron chi connectivity index (χ1n) is 5.18. The van der Waals surface area contributed by atoms with Crippen LogP contribution in [0.4, 0.5) is 0 Å². The molecule has 0 aliphatic carbocycles. The molecule has 17 heavy (non-hydrogen) atoms. The fourth-order valence-corrected chi connectivity index (χ4v) is 1.84. The number of ether oxygens (including phenoxy) is 1. The van der Waals surface area contributed by atoms with Crippen molar-refractivity contribution in [3.63, 3.8) is 0 Å². The van der Waals surface area contributed by atoms with E-state index in [1.54, 1.807) is 4.68 Å². The van der Waals surface area contributed by atoms with Crippen molar-refractivity contribution >= 4 is 0 Å². The standard InChI is InChI=1S/C8H13N7O2/c1-8(2)7-11-13-14-15(7)4-6(17-8)5(16)3-10-12-9/h5-6,16H,3-4H2,1-2H3/t5-,6-/m1/s1. The Labute approximate surface area is 97.0 Å². The summed E-state index contributed by atoms with van der Waals surface area (Å²) in [4.78, 5) is 2.60. The number of nitrogens with zero attached hydrogens (tertiary/aromatic N) is 7. The molecule has 2 atom stereocenters. The predicted octanol–water partition coefficient (Wildman–Crippen LogP) is -0.0218. The maximum absolute atomic E-state index is 9.83. The summed E-state index contributed by atoms with van der Waals surface area (Å²) in [6.45, 7) is 3.95. The molecule has 2 rings (SSSR count). The summed E-state index contributed by atoms with van der Waals surface area (Å²) < 4.78 is 7.31. The van der Waals surface area contributed by atoms with Gasteiger partial charge in [0.25, 0.3) is 0 Å². The van der Waals surface area contributed by atoms with Gasteiger partial charge in [0.15, 0.2) is 5.82 Å². The van der Waals surface area contributed by atoms with E-state index in [9.17, 15) is 5.11 Å². The van der Waals surface area contributed by atoms with Gasteiger partial charge in [0.1, 0.15) is 11.7 Å². The van der Waals surface area contributed by atoms with Gasteiger partial charge in [-0.25, -0.2) is 4.68 Å². The second-order valence-corrected chi connectivity index (χ2v) is 4.33. The summed E-state index contributed by atoms with van der Waals surface area (Å²) in [7, 11) is 0. The smallest absolute Gasteiger partial charge is 0.182 e. The van der Waals surface area contributed by atoms with Crippen LogP contribution >= 0.6 is 0 Å². The fourth-order valence-electron chi connectivity index (χ4n) is 1.84. The Morgan fingerprint density at radius 1 is 1.76 bits per heavy atom. The molecule has 0 bridgehead atoms. The van der Waals surface area contributed by atoms with Crippen LogP contribution in [0.3, 0.4) is 0 Å². The number of aliphatic hydroxyl groups is 1. The number of aromatic nitrogens is 4. The van der Waals surface area contributed by atoms with E-state index in [2.05, 4.69) is 25.6 Å². The Bertz CT molecular complexity index is 450. The molecule has 1 aliphatic heterocycles. The van der Waals surface area contributed by atoms with Crippen molar-refractivity contribution < 1.29 is 9.84 Å². The third-order valence-electron chi connectivity index (χ3n) is 2.63. The van der Waals surface area contributed by atoms with Crippen molar-refractivity contribution in [1.29, 1.82) is 0 Å². The molecule has 1 N–H and O–H groups in total. The zero-order valence-electron chi connectivity index (χ0n) is 9.55. The van der Waals surface area contributed by atoms with Crippen LogP contribution in [0.15, 0.2) is 5.11 Å². The molecule has 0 fully saturated rings. The second-order valence-electron chi connectivity index (χ2n) is 4.33. The Morgan fingerprint density at radius 2 is 2.53 bits per heavy atom. The molecule has 92 valence electrons. The van der Waals surface area contributed by atoms with E-state index >= 15 is 0 Å². The molecular weight excluding hydrogens is 226 g/mol. The van der Waals surface area contributed by atoms with E-state index in [1.807, 2.05) is 13.8 Å². The molecule has 9 nitrogen and oxygen atoms in total. The molecular formula is C8H13N7O2. The third kappa shape index (κ3) is 2.21. The van der Waals surface area contributed by atoms with Crippen molar-refractivity contribution in [3.8, 4) is 0 Å².